The summed E-state index contributed by atoms with van der Waals surface area (Å²) in [5.41, 5.74) is 8.05. The molecule has 0 heterocycles. The Kier molecular flexibility index (Phi) is 37.7. The number of rotatable bonds is 49. The summed E-state index contributed by atoms with van der Waals surface area (Å²) >= 11 is 0. The lowest BCUT2D eigenvalue weighted by molar-refractivity contribution is 0.0938. The highest BCUT2D eigenvalue weighted by Crippen LogP contribution is 2.12. The molecule has 2 amide bonds. The maximum absolute atomic E-state index is 13.2. The summed E-state index contributed by atoms with van der Waals surface area (Å²) in [7, 11) is 5.82. The highest BCUT2D eigenvalue weighted by Gasteiger charge is 2.14. The van der Waals surface area contributed by atoms with Crippen molar-refractivity contribution in [2.24, 2.45) is 25.0 Å². The van der Waals surface area contributed by atoms with E-state index in [2.05, 4.69) is 68.1 Å². The van der Waals surface area contributed by atoms with Crippen LogP contribution >= 0.6 is 0 Å². The molecule has 0 aromatic heterocycles. The molecule has 5 aromatic carbocycles. The number of likely N-dealkylation sites (N-methyl/N-ethyl adjacent to an activating group) is 3. The van der Waals surface area contributed by atoms with Gasteiger partial charge in [0.2, 0.25) is 0 Å². The number of nitrogens with one attached hydrogen (secondary N) is 5. The molecule has 0 atom stereocenters. The second-order valence-corrected chi connectivity index (χ2v) is 23.0. The van der Waals surface area contributed by atoms with Crippen molar-refractivity contribution in [3.63, 3.8) is 0 Å². The maximum Gasteiger partial charge on any atom is 0.251 e. The normalized spacial score (nSPS) is 12.0. The van der Waals surface area contributed by atoms with Crippen LogP contribution in [0, 0.1) is 0 Å². The van der Waals surface area contributed by atoms with Crippen LogP contribution in [0.1, 0.15) is 139 Å². The molecule has 500 valence electrons. The predicted molar refractivity (Wildman–Crippen MR) is 384 cm³/mol. The summed E-state index contributed by atoms with van der Waals surface area (Å²) < 4.78 is 0. The second-order valence-electron chi connectivity index (χ2n) is 23.0. The summed E-state index contributed by atoms with van der Waals surface area (Å²) in [5, 5.41) is 15.8. The Balaban J connectivity index is 0.949. The molecule has 5 rings (SSSR count). The van der Waals surface area contributed by atoms with E-state index in [1.807, 2.05) is 180 Å². The van der Waals surface area contributed by atoms with E-state index in [-0.39, 0.29) is 29.2 Å². The number of nitrogens with zero attached hydrogens (tertiary/aromatic N) is 9. The molecule has 19 heteroatoms. The van der Waals surface area contributed by atoms with Gasteiger partial charge in [-0.05, 0) is 126 Å². The quantitative estimate of drug-likeness (QED) is 0.0186. The van der Waals surface area contributed by atoms with E-state index >= 15 is 0 Å². The lowest BCUT2D eigenvalue weighted by Crippen LogP contribution is -2.38. The summed E-state index contributed by atoms with van der Waals surface area (Å²) in [6.45, 7) is 22.1. The average molecular weight is 1270 g/mol. The van der Waals surface area contributed by atoms with Crippen molar-refractivity contribution in [3.8, 4) is 0 Å². The van der Waals surface area contributed by atoms with Gasteiger partial charge in [-0.25, -0.2) is 0 Å². The van der Waals surface area contributed by atoms with Crippen LogP contribution < -0.4 is 26.6 Å². The first kappa shape index (κ1) is 75.8. The molecule has 0 aliphatic heterocycles. The average Bonchev–Trinajstić information content (AvgIpc) is 2.73. The van der Waals surface area contributed by atoms with E-state index < -0.39 is 0 Å². The van der Waals surface area contributed by atoms with Gasteiger partial charge in [0.1, 0.15) is 0 Å². The van der Waals surface area contributed by atoms with Crippen LogP contribution in [0.2, 0.25) is 0 Å². The van der Waals surface area contributed by atoms with Crippen molar-refractivity contribution >= 4 is 60.2 Å². The van der Waals surface area contributed by atoms with Crippen LogP contribution in [0.15, 0.2) is 146 Å². The first-order valence-corrected chi connectivity index (χ1v) is 33.4. The number of carbonyl (C=O) groups is 5. The highest BCUT2D eigenvalue weighted by atomic mass is 16.2. The van der Waals surface area contributed by atoms with Crippen LogP contribution in [0.4, 0.5) is 0 Å². The van der Waals surface area contributed by atoms with E-state index in [4.69, 9.17) is 9.98 Å². The molecule has 0 saturated heterocycles. The fraction of sp³-hybridized carbons (Fsp3) is 0.459. The summed E-state index contributed by atoms with van der Waals surface area (Å²) in [4.78, 5) is 96.2. The third-order valence-corrected chi connectivity index (χ3v) is 15.7. The third-order valence-electron chi connectivity index (χ3n) is 15.7. The van der Waals surface area contributed by atoms with Gasteiger partial charge in [-0.3, -0.25) is 58.7 Å². The fourth-order valence-corrected chi connectivity index (χ4v) is 10.0. The number of amides is 2. The predicted octanol–water partition coefficient (Wildman–Crippen LogP) is 7.86. The molecule has 0 fully saturated rings. The van der Waals surface area contributed by atoms with Gasteiger partial charge in [-0.1, -0.05) is 110 Å². The van der Waals surface area contributed by atoms with Crippen molar-refractivity contribution in [1.82, 2.24) is 46.2 Å². The van der Waals surface area contributed by atoms with E-state index in [0.717, 1.165) is 145 Å². The number of benzene rings is 5. The Labute approximate surface area is 554 Å². The maximum atomic E-state index is 13.2. The number of unbranched alkanes of at least 4 members (excludes halogenated alkanes) is 1. The molecule has 0 radical (unpaired) electrons. The zero-order valence-corrected chi connectivity index (χ0v) is 56.3. The van der Waals surface area contributed by atoms with Crippen LogP contribution in [0.3, 0.4) is 0 Å². The molecular formula is C74H104N14O5. The second kappa shape index (κ2) is 46.2. The third kappa shape index (κ3) is 31.5. The Hall–Kier alpha value is -7.88. The topological polar surface area (TPSA) is 220 Å². The van der Waals surface area contributed by atoms with Crippen molar-refractivity contribution in [2.45, 2.75) is 59.3 Å². The van der Waals surface area contributed by atoms with Gasteiger partial charge in [0.25, 0.3) is 11.8 Å². The molecule has 0 saturated carbocycles. The first-order valence-electron chi connectivity index (χ1n) is 33.4. The smallest absolute Gasteiger partial charge is 0.251 e. The molecule has 0 aliphatic rings. The SMILES string of the molecule is CCCCN(CCCC(=O)c1ccc(C=NCCN(CCN=Cc2ccc(C(C)=O)cc2)CCNC)cc1)CCNC(=O)c1ccc(C=NCCN(CCN=Cc2ccc(C(=O)NCCN(CCCC(=O)c3ccc(C=NCC)cc3)CCNC)cc2)CCNC)cc1. The monoisotopic (exact) mass is 1270 g/mol. The molecule has 19 nitrogen and oxygen atoms in total. The van der Waals surface area contributed by atoms with Gasteiger partial charge >= 0.3 is 0 Å². The van der Waals surface area contributed by atoms with E-state index in [0.29, 0.717) is 93.0 Å². The van der Waals surface area contributed by atoms with Gasteiger partial charge in [0.05, 0.1) is 26.2 Å². The van der Waals surface area contributed by atoms with Crippen LogP contribution in [0.5, 0.6) is 0 Å². The van der Waals surface area contributed by atoms with E-state index in [1.165, 1.54) is 0 Å². The standard InChI is InChI=1S/C74H104N14O5/c1-7-9-43-85(44-10-12-71(90)68-28-18-63(19-29-68)57-80-38-50-87(47-35-76-5)49-37-79-56-62-14-24-66(25-15-62)60(3)89)53-41-83-73(92)69-30-20-64(21-31-69)58-81-39-51-88(48-36-77-6)52-40-82-59-65-22-32-70(33-23-65)74(93)84-42-54-86(46-34-75-4)45-11-13-72(91)67-26-16-61(17-27-67)55-78-8-2/h14-33,55-59,75-77H,7-13,34-54H2,1-6H3,(H,83,92)(H,84,93). The van der Waals surface area contributed by atoms with E-state index in [9.17, 15) is 24.0 Å². The number of ketones is 3. The molecular weight excluding hydrogens is 1160 g/mol. The summed E-state index contributed by atoms with van der Waals surface area (Å²) in [6, 6.07) is 37.8. The highest BCUT2D eigenvalue weighted by molar-refractivity contribution is 5.98. The molecule has 5 N–H and O–H groups in total. The molecule has 0 bridgehead atoms. The van der Waals surface area contributed by atoms with Crippen molar-refractivity contribution < 1.29 is 24.0 Å². The van der Waals surface area contributed by atoms with Crippen LogP contribution in [0.25, 0.3) is 0 Å². The van der Waals surface area contributed by atoms with Crippen LogP contribution in [-0.4, -0.2) is 245 Å². The molecule has 5 aromatic rings. The Morgan fingerprint density at radius 2 is 0.624 bits per heavy atom. The number of carbonyl (C=O) groups excluding carboxylic acids is 5. The van der Waals surface area contributed by atoms with Crippen molar-refractivity contribution in [3.05, 3.63) is 177 Å². The number of hydrogen-bond donors (Lipinski definition) is 5. The number of Topliss-reactive ketones (excluding diaryl/α,β-unsaturated/α-hetero) is 3. The Morgan fingerprint density at radius 1 is 0.344 bits per heavy atom. The van der Waals surface area contributed by atoms with Gasteiger partial charge in [0.15, 0.2) is 17.3 Å². The van der Waals surface area contributed by atoms with Crippen molar-refractivity contribution in [2.75, 3.05) is 165 Å². The fourth-order valence-electron chi connectivity index (χ4n) is 10.0. The lowest BCUT2D eigenvalue weighted by Gasteiger charge is -2.22. The zero-order valence-electron chi connectivity index (χ0n) is 56.3. The largest absolute Gasteiger partial charge is 0.351 e. The van der Waals surface area contributed by atoms with Crippen LogP contribution in [-0.2, 0) is 0 Å². The minimum absolute atomic E-state index is 0.0521. The minimum Gasteiger partial charge on any atom is -0.351 e. The first-order chi connectivity index (χ1) is 45.4. The van der Waals surface area contributed by atoms with Crippen molar-refractivity contribution in [1.29, 1.82) is 0 Å². The van der Waals surface area contributed by atoms with Gasteiger partial charge < -0.3 is 36.4 Å². The Morgan fingerprint density at radius 3 is 0.935 bits per heavy atom. The molecule has 0 unspecified atom stereocenters. The zero-order chi connectivity index (χ0) is 66.5. The van der Waals surface area contributed by atoms with Gasteiger partial charge in [-0.15, -0.1) is 0 Å². The molecule has 93 heavy (non-hydrogen) atoms. The lowest BCUT2D eigenvalue weighted by atomic mass is 10.0. The summed E-state index contributed by atoms with van der Waals surface area (Å²) in [6.07, 6.45) is 13.7. The van der Waals surface area contributed by atoms with Gasteiger partial charge in [-0.2, -0.15) is 0 Å². The van der Waals surface area contributed by atoms with Gasteiger partial charge in [0, 0.05) is 170 Å². The molecule has 0 spiro atoms. The van der Waals surface area contributed by atoms with E-state index in [1.54, 1.807) is 6.92 Å². The number of aliphatic imine (C=N–C) groups is 5. The molecule has 0 aliphatic carbocycles. The minimum atomic E-state index is -0.125. The Bertz CT molecular complexity index is 3090. The summed E-state index contributed by atoms with van der Waals surface area (Å²) in [5.74, 6) is 0.0548. The number of hydrogen-bond acceptors (Lipinski definition) is 17.